The van der Waals surface area contributed by atoms with Crippen molar-refractivity contribution in [1.29, 1.82) is 0 Å². The Bertz CT molecular complexity index is 648. The van der Waals surface area contributed by atoms with Gasteiger partial charge in [-0.2, -0.15) is 0 Å². The Morgan fingerprint density at radius 2 is 1.81 bits per heavy atom. The summed E-state index contributed by atoms with van der Waals surface area (Å²) in [5.74, 6) is 0.0341. The lowest BCUT2D eigenvalue weighted by molar-refractivity contribution is -0.122. The molecule has 0 heterocycles. The van der Waals surface area contributed by atoms with Crippen LogP contribution in [-0.2, 0) is 4.79 Å². The first-order chi connectivity index (χ1) is 9.97. The molecule has 1 unspecified atom stereocenters. The number of hydrogen-bond acceptors (Lipinski definition) is 3. The minimum Gasteiger partial charge on any atom is -0.479 e. The zero-order valence-electron chi connectivity index (χ0n) is 11.3. The summed E-state index contributed by atoms with van der Waals surface area (Å²) in [6.07, 6.45) is -0.732. The van der Waals surface area contributed by atoms with E-state index in [-0.39, 0.29) is 5.91 Å². The minimum atomic E-state index is -0.732. The van der Waals surface area contributed by atoms with E-state index >= 15 is 0 Å². The molecule has 1 amide bonds. The van der Waals surface area contributed by atoms with Crippen LogP contribution in [0.1, 0.15) is 6.92 Å². The van der Waals surface area contributed by atoms with Crippen LogP contribution in [-0.4, -0.2) is 12.0 Å². The van der Waals surface area contributed by atoms with Gasteiger partial charge in [-0.15, -0.1) is 0 Å². The van der Waals surface area contributed by atoms with Gasteiger partial charge in [-0.05, 0) is 25.1 Å². The number of hydrogen-bond donors (Lipinski definition) is 2. The van der Waals surface area contributed by atoms with Crippen molar-refractivity contribution in [1.82, 2.24) is 0 Å². The Balaban J connectivity index is 2.06. The van der Waals surface area contributed by atoms with E-state index in [0.717, 1.165) is 0 Å². The first kappa shape index (κ1) is 15.5. The maximum absolute atomic E-state index is 12.0. The highest BCUT2D eigenvalue weighted by atomic mass is 35.5. The van der Waals surface area contributed by atoms with Crippen molar-refractivity contribution in [3.8, 4) is 5.75 Å². The fraction of sp³-hybridized carbons (Fsp3) is 0.133. The van der Waals surface area contributed by atoms with Crippen molar-refractivity contribution in [3.05, 3.63) is 52.5 Å². The van der Waals surface area contributed by atoms with Gasteiger partial charge in [0.15, 0.2) is 6.10 Å². The lowest BCUT2D eigenvalue weighted by atomic mass is 10.2. The third kappa shape index (κ3) is 4.03. The molecule has 0 radical (unpaired) electrons. The van der Waals surface area contributed by atoms with E-state index in [9.17, 15) is 4.79 Å². The predicted octanol–water partition coefficient (Wildman–Crippen LogP) is 3.98. The second-order valence-electron chi connectivity index (χ2n) is 4.42. The molecule has 1 atom stereocenters. The van der Waals surface area contributed by atoms with Crippen LogP contribution in [0.2, 0.25) is 10.0 Å². The number of para-hydroxylation sites is 1. The van der Waals surface area contributed by atoms with Crippen molar-refractivity contribution in [2.45, 2.75) is 13.0 Å². The first-order valence-corrected chi connectivity index (χ1v) is 7.00. The monoisotopic (exact) mass is 324 g/mol. The van der Waals surface area contributed by atoms with Gasteiger partial charge in [-0.3, -0.25) is 4.79 Å². The molecule has 3 N–H and O–H groups in total. The molecule has 2 aromatic carbocycles. The molecule has 0 spiro atoms. The number of amides is 1. The quantitative estimate of drug-likeness (QED) is 0.836. The topological polar surface area (TPSA) is 64.3 Å². The highest BCUT2D eigenvalue weighted by Gasteiger charge is 2.17. The van der Waals surface area contributed by atoms with Crippen LogP contribution >= 0.6 is 23.2 Å². The number of halogens is 2. The molecule has 0 aromatic heterocycles. The number of nitrogen functional groups attached to an aromatic ring is 1. The van der Waals surface area contributed by atoms with Crippen LogP contribution in [0.3, 0.4) is 0 Å². The summed E-state index contributed by atoms with van der Waals surface area (Å²) in [4.78, 5) is 12.0. The standard InChI is InChI=1S/C15H14Cl2N2O2/c1-9(15(20)19-10-5-3-2-4-6-10)21-14-8-12(17)11(16)7-13(14)18/h2-9H,18H2,1H3,(H,19,20). The van der Waals surface area contributed by atoms with Crippen molar-refractivity contribution >= 4 is 40.5 Å². The van der Waals surface area contributed by atoms with E-state index in [1.165, 1.54) is 12.1 Å². The molecule has 0 aliphatic rings. The molecule has 0 saturated heterocycles. The molecule has 0 fully saturated rings. The molecule has 21 heavy (non-hydrogen) atoms. The van der Waals surface area contributed by atoms with Crippen molar-refractivity contribution in [2.75, 3.05) is 11.1 Å². The van der Waals surface area contributed by atoms with E-state index in [1.807, 2.05) is 18.2 Å². The maximum Gasteiger partial charge on any atom is 0.265 e. The first-order valence-electron chi connectivity index (χ1n) is 6.24. The number of carbonyl (C=O) groups is 1. The van der Waals surface area contributed by atoms with Crippen LogP contribution in [0.15, 0.2) is 42.5 Å². The van der Waals surface area contributed by atoms with E-state index in [2.05, 4.69) is 5.32 Å². The smallest absolute Gasteiger partial charge is 0.265 e. The van der Waals surface area contributed by atoms with Gasteiger partial charge >= 0.3 is 0 Å². The largest absolute Gasteiger partial charge is 0.479 e. The summed E-state index contributed by atoms with van der Waals surface area (Å²) in [7, 11) is 0. The molecule has 6 heteroatoms. The second kappa shape index (κ2) is 6.70. The zero-order valence-corrected chi connectivity index (χ0v) is 12.8. The SMILES string of the molecule is CC(Oc1cc(Cl)c(Cl)cc1N)C(=O)Nc1ccccc1. The number of carbonyl (C=O) groups excluding carboxylic acids is 1. The molecule has 0 saturated carbocycles. The average molecular weight is 325 g/mol. The maximum atomic E-state index is 12.0. The van der Waals surface area contributed by atoms with E-state index < -0.39 is 6.10 Å². The molecular weight excluding hydrogens is 311 g/mol. The number of ether oxygens (including phenoxy) is 1. The fourth-order valence-electron chi connectivity index (χ4n) is 1.66. The Morgan fingerprint density at radius 3 is 2.48 bits per heavy atom. The highest BCUT2D eigenvalue weighted by molar-refractivity contribution is 6.42. The van der Waals surface area contributed by atoms with Crippen LogP contribution < -0.4 is 15.8 Å². The number of nitrogens with one attached hydrogen (secondary N) is 1. The van der Waals surface area contributed by atoms with Gasteiger partial charge in [0, 0.05) is 11.8 Å². The van der Waals surface area contributed by atoms with E-state index in [0.29, 0.717) is 27.2 Å². The van der Waals surface area contributed by atoms with Crippen LogP contribution in [0.4, 0.5) is 11.4 Å². The summed E-state index contributed by atoms with van der Waals surface area (Å²) in [6, 6.07) is 12.1. The minimum absolute atomic E-state index is 0.285. The molecular formula is C15H14Cl2N2O2. The lowest BCUT2D eigenvalue weighted by Crippen LogP contribution is -2.30. The summed E-state index contributed by atoms with van der Waals surface area (Å²) >= 11 is 11.8. The predicted molar refractivity (Wildman–Crippen MR) is 86.0 cm³/mol. The molecule has 4 nitrogen and oxygen atoms in total. The van der Waals surface area contributed by atoms with E-state index in [1.54, 1.807) is 19.1 Å². The van der Waals surface area contributed by atoms with Gasteiger partial charge in [-0.1, -0.05) is 41.4 Å². The average Bonchev–Trinajstić information content (AvgIpc) is 2.45. The third-order valence-corrected chi connectivity index (χ3v) is 3.49. The summed E-state index contributed by atoms with van der Waals surface area (Å²) in [5.41, 5.74) is 6.81. The molecule has 2 rings (SSSR count). The molecule has 0 bridgehead atoms. The third-order valence-electron chi connectivity index (χ3n) is 2.77. The van der Waals surface area contributed by atoms with Crippen LogP contribution in [0.5, 0.6) is 5.75 Å². The number of benzene rings is 2. The van der Waals surface area contributed by atoms with Crippen LogP contribution in [0, 0.1) is 0 Å². The Labute approximate surface area is 132 Å². The zero-order chi connectivity index (χ0) is 15.4. The van der Waals surface area contributed by atoms with Gasteiger partial charge in [0.1, 0.15) is 5.75 Å². The van der Waals surface area contributed by atoms with Crippen molar-refractivity contribution < 1.29 is 9.53 Å². The van der Waals surface area contributed by atoms with Crippen molar-refractivity contribution in [2.24, 2.45) is 0 Å². The van der Waals surface area contributed by atoms with Crippen molar-refractivity contribution in [3.63, 3.8) is 0 Å². The van der Waals surface area contributed by atoms with Gasteiger partial charge in [0.2, 0.25) is 0 Å². The van der Waals surface area contributed by atoms with Gasteiger partial charge < -0.3 is 15.8 Å². The summed E-state index contributed by atoms with van der Waals surface area (Å²) < 4.78 is 5.53. The highest BCUT2D eigenvalue weighted by Crippen LogP contribution is 2.32. The Morgan fingerprint density at radius 1 is 1.19 bits per heavy atom. The summed E-state index contributed by atoms with van der Waals surface area (Å²) in [5, 5.41) is 3.40. The second-order valence-corrected chi connectivity index (χ2v) is 5.23. The van der Waals surface area contributed by atoms with Crippen LogP contribution in [0.25, 0.3) is 0 Å². The number of rotatable bonds is 4. The van der Waals surface area contributed by atoms with E-state index in [4.69, 9.17) is 33.7 Å². The van der Waals surface area contributed by atoms with Gasteiger partial charge in [0.05, 0.1) is 15.7 Å². The number of anilines is 2. The Hall–Kier alpha value is -1.91. The fourth-order valence-corrected chi connectivity index (χ4v) is 1.98. The van der Waals surface area contributed by atoms with Gasteiger partial charge in [-0.25, -0.2) is 0 Å². The normalized spacial score (nSPS) is 11.8. The molecule has 0 aliphatic heterocycles. The Kier molecular flexibility index (Phi) is 4.94. The van der Waals surface area contributed by atoms with Gasteiger partial charge in [0.25, 0.3) is 5.91 Å². The summed E-state index contributed by atoms with van der Waals surface area (Å²) in [6.45, 7) is 1.63. The molecule has 2 aromatic rings. The molecule has 0 aliphatic carbocycles. The lowest BCUT2D eigenvalue weighted by Gasteiger charge is -2.16. The number of nitrogens with two attached hydrogens (primary N) is 1. The molecule has 110 valence electrons.